The average molecular weight is 387 g/mol. The molecule has 6 heteroatoms. The van der Waals surface area contributed by atoms with Gasteiger partial charge in [-0.2, -0.15) is 0 Å². The number of amides is 1. The first kappa shape index (κ1) is 19.4. The van der Waals surface area contributed by atoms with Crippen molar-refractivity contribution in [2.45, 2.75) is 50.5 Å². The highest BCUT2D eigenvalue weighted by Gasteiger charge is 2.36. The third-order valence-electron chi connectivity index (χ3n) is 4.86. The molecule has 0 bridgehead atoms. The van der Waals surface area contributed by atoms with Gasteiger partial charge in [-0.05, 0) is 49.6 Å². The molecule has 0 fully saturated rings. The van der Waals surface area contributed by atoms with Crippen molar-refractivity contribution in [3.05, 3.63) is 59.7 Å². The minimum atomic E-state index is -3.73. The number of carbonyl (C=O) groups excluding carboxylic acids is 1. The van der Waals surface area contributed by atoms with Crippen LogP contribution in [0, 0.1) is 0 Å². The summed E-state index contributed by atoms with van der Waals surface area (Å²) >= 11 is 0. The molecule has 1 amide bonds. The van der Waals surface area contributed by atoms with E-state index in [-0.39, 0.29) is 16.8 Å². The number of fused-ring (bicyclic) bond motifs is 1. The lowest BCUT2D eigenvalue weighted by molar-refractivity contribution is 0.0952. The summed E-state index contributed by atoms with van der Waals surface area (Å²) in [6.07, 6.45) is 3.75. The van der Waals surface area contributed by atoms with Crippen molar-refractivity contribution in [3.8, 4) is 0 Å². The second-order valence-corrected chi connectivity index (χ2v) is 8.79. The van der Waals surface area contributed by atoms with Crippen LogP contribution in [0.3, 0.4) is 0 Å². The Kier molecular flexibility index (Phi) is 5.85. The summed E-state index contributed by atoms with van der Waals surface area (Å²) in [6, 6.07) is 13.7. The number of unbranched alkanes of at least 4 members (excludes halogenated alkanes) is 2. The number of rotatable bonds is 7. The lowest BCUT2D eigenvalue weighted by Gasteiger charge is -2.24. The summed E-state index contributed by atoms with van der Waals surface area (Å²) in [5.41, 5.74) is 2.12. The molecule has 0 radical (unpaired) electrons. The Morgan fingerprint density at radius 2 is 1.93 bits per heavy atom. The normalized spacial score (nSPS) is 16.2. The van der Waals surface area contributed by atoms with Crippen LogP contribution < -0.4 is 9.62 Å². The van der Waals surface area contributed by atoms with Crippen molar-refractivity contribution in [1.82, 2.24) is 5.32 Å². The standard InChI is InChI=1S/C21H26N2O3S/c1-3-4-7-13-22-21(24)18-10-8-11-19(15-18)27(25,26)23-16(2)14-17-9-5-6-12-20(17)23/h5-6,8-12,15-16H,3-4,7,13-14H2,1-2H3,(H,22,24). The minimum absolute atomic E-state index is 0.146. The summed E-state index contributed by atoms with van der Waals surface area (Å²) in [5.74, 6) is -0.238. The van der Waals surface area contributed by atoms with Gasteiger partial charge < -0.3 is 5.32 Å². The van der Waals surface area contributed by atoms with Crippen LogP contribution in [0.5, 0.6) is 0 Å². The van der Waals surface area contributed by atoms with Crippen molar-refractivity contribution in [2.75, 3.05) is 10.8 Å². The molecule has 1 aliphatic heterocycles. The molecule has 1 N–H and O–H groups in total. The van der Waals surface area contributed by atoms with E-state index >= 15 is 0 Å². The van der Waals surface area contributed by atoms with Gasteiger partial charge in [-0.1, -0.05) is 44.0 Å². The molecule has 144 valence electrons. The molecule has 2 aromatic rings. The highest BCUT2D eigenvalue weighted by Crippen LogP contribution is 2.36. The van der Waals surface area contributed by atoms with Crippen molar-refractivity contribution in [2.24, 2.45) is 0 Å². The van der Waals surface area contributed by atoms with E-state index in [0.717, 1.165) is 30.5 Å². The molecular weight excluding hydrogens is 360 g/mol. The summed E-state index contributed by atoms with van der Waals surface area (Å²) in [5, 5.41) is 2.86. The minimum Gasteiger partial charge on any atom is -0.352 e. The van der Waals surface area contributed by atoms with Crippen molar-refractivity contribution in [1.29, 1.82) is 0 Å². The van der Waals surface area contributed by atoms with E-state index in [2.05, 4.69) is 12.2 Å². The summed E-state index contributed by atoms with van der Waals surface area (Å²) in [7, 11) is -3.73. The molecule has 0 aromatic heterocycles. The quantitative estimate of drug-likeness (QED) is 0.737. The van der Waals surface area contributed by atoms with Crippen molar-refractivity contribution >= 4 is 21.6 Å². The zero-order valence-corrected chi connectivity index (χ0v) is 16.6. The average Bonchev–Trinajstić information content (AvgIpc) is 3.01. The van der Waals surface area contributed by atoms with E-state index in [1.807, 2.05) is 31.2 Å². The van der Waals surface area contributed by atoms with Gasteiger partial charge in [0, 0.05) is 18.2 Å². The number of hydrogen-bond donors (Lipinski definition) is 1. The number of anilines is 1. The molecule has 0 aliphatic carbocycles. The SMILES string of the molecule is CCCCCNC(=O)c1cccc(S(=O)(=O)N2c3ccccc3CC2C)c1. The Labute approximate surface area is 161 Å². The lowest BCUT2D eigenvalue weighted by atomic mass is 10.1. The van der Waals surface area contributed by atoms with E-state index in [4.69, 9.17) is 0 Å². The monoisotopic (exact) mass is 386 g/mol. The smallest absolute Gasteiger partial charge is 0.264 e. The van der Waals surface area contributed by atoms with Crippen LogP contribution in [0.1, 0.15) is 49.0 Å². The van der Waals surface area contributed by atoms with Crippen LogP contribution in [0.25, 0.3) is 0 Å². The van der Waals surface area contributed by atoms with Crippen LogP contribution in [-0.4, -0.2) is 26.9 Å². The maximum atomic E-state index is 13.3. The van der Waals surface area contributed by atoms with Gasteiger partial charge in [-0.15, -0.1) is 0 Å². The van der Waals surface area contributed by atoms with Crippen molar-refractivity contribution < 1.29 is 13.2 Å². The topological polar surface area (TPSA) is 66.5 Å². The summed E-state index contributed by atoms with van der Waals surface area (Å²) in [4.78, 5) is 12.5. The maximum absolute atomic E-state index is 13.3. The van der Waals surface area contributed by atoms with Crippen LogP contribution in [-0.2, 0) is 16.4 Å². The van der Waals surface area contributed by atoms with E-state index < -0.39 is 10.0 Å². The number of carbonyl (C=O) groups is 1. The van der Waals surface area contributed by atoms with Gasteiger partial charge in [0.2, 0.25) is 0 Å². The van der Waals surface area contributed by atoms with Crippen LogP contribution in [0.2, 0.25) is 0 Å². The molecule has 1 heterocycles. The third-order valence-corrected chi connectivity index (χ3v) is 6.79. The van der Waals surface area contributed by atoms with E-state index in [1.54, 1.807) is 18.2 Å². The zero-order chi connectivity index (χ0) is 19.4. The van der Waals surface area contributed by atoms with Gasteiger partial charge in [-0.3, -0.25) is 9.10 Å². The predicted molar refractivity (Wildman–Crippen MR) is 108 cm³/mol. The Hall–Kier alpha value is -2.34. The summed E-state index contributed by atoms with van der Waals surface area (Å²) in [6.45, 7) is 4.61. The molecule has 0 saturated heterocycles. The number of benzene rings is 2. The molecule has 5 nitrogen and oxygen atoms in total. The number of sulfonamides is 1. The van der Waals surface area contributed by atoms with E-state index in [0.29, 0.717) is 18.5 Å². The first-order chi connectivity index (χ1) is 12.9. The Morgan fingerprint density at radius 3 is 2.70 bits per heavy atom. The molecule has 3 rings (SSSR count). The first-order valence-corrected chi connectivity index (χ1v) is 10.9. The second kappa shape index (κ2) is 8.13. The Balaban J connectivity index is 1.85. The lowest BCUT2D eigenvalue weighted by Crippen LogP contribution is -2.36. The molecule has 1 atom stereocenters. The first-order valence-electron chi connectivity index (χ1n) is 9.45. The highest BCUT2D eigenvalue weighted by molar-refractivity contribution is 7.92. The Bertz CT molecular complexity index is 925. The molecule has 0 saturated carbocycles. The molecule has 27 heavy (non-hydrogen) atoms. The molecule has 1 aliphatic rings. The maximum Gasteiger partial charge on any atom is 0.264 e. The molecule has 1 unspecified atom stereocenters. The highest BCUT2D eigenvalue weighted by atomic mass is 32.2. The van der Waals surface area contributed by atoms with E-state index in [1.165, 1.54) is 10.4 Å². The van der Waals surface area contributed by atoms with Gasteiger partial charge in [0.1, 0.15) is 0 Å². The molecule has 2 aromatic carbocycles. The van der Waals surface area contributed by atoms with Gasteiger partial charge >= 0.3 is 0 Å². The van der Waals surface area contributed by atoms with Crippen LogP contribution in [0.15, 0.2) is 53.4 Å². The number of nitrogens with one attached hydrogen (secondary N) is 1. The fraction of sp³-hybridized carbons (Fsp3) is 0.381. The van der Waals surface area contributed by atoms with Crippen LogP contribution in [0.4, 0.5) is 5.69 Å². The fourth-order valence-corrected chi connectivity index (χ4v) is 5.23. The fourth-order valence-electron chi connectivity index (χ4n) is 3.49. The Morgan fingerprint density at radius 1 is 1.15 bits per heavy atom. The van der Waals surface area contributed by atoms with Crippen molar-refractivity contribution in [3.63, 3.8) is 0 Å². The second-order valence-electron chi connectivity index (χ2n) is 6.97. The van der Waals surface area contributed by atoms with Gasteiger partial charge in [0.05, 0.1) is 10.6 Å². The number of nitrogens with zero attached hydrogens (tertiary/aromatic N) is 1. The third kappa shape index (κ3) is 4.00. The summed E-state index contributed by atoms with van der Waals surface area (Å²) < 4.78 is 28.0. The number of para-hydroxylation sites is 1. The predicted octanol–water partition coefficient (Wildman–Crippen LogP) is 3.75. The van der Waals surface area contributed by atoms with Gasteiger partial charge in [-0.25, -0.2) is 8.42 Å². The molecule has 0 spiro atoms. The largest absolute Gasteiger partial charge is 0.352 e. The number of hydrogen-bond acceptors (Lipinski definition) is 3. The van der Waals surface area contributed by atoms with Gasteiger partial charge in [0.15, 0.2) is 0 Å². The molecular formula is C21H26N2O3S. The van der Waals surface area contributed by atoms with E-state index in [9.17, 15) is 13.2 Å². The van der Waals surface area contributed by atoms with Crippen LogP contribution >= 0.6 is 0 Å². The van der Waals surface area contributed by atoms with Gasteiger partial charge in [0.25, 0.3) is 15.9 Å². The zero-order valence-electron chi connectivity index (χ0n) is 15.8.